The normalized spacial score (nSPS) is 24.0. The number of hydrogen-bond acceptors (Lipinski definition) is 2. The molecule has 0 aromatic heterocycles. The van der Waals surface area contributed by atoms with E-state index in [2.05, 4.69) is 26.0 Å². The molecule has 1 heterocycles. The number of rotatable bonds is 2. The van der Waals surface area contributed by atoms with Crippen LogP contribution >= 0.6 is 0 Å². The van der Waals surface area contributed by atoms with E-state index in [1.807, 2.05) is 0 Å². The van der Waals surface area contributed by atoms with Crippen molar-refractivity contribution in [3.8, 4) is 0 Å². The van der Waals surface area contributed by atoms with Gasteiger partial charge in [-0.15, -0.1) is 0 Å². The Morgan fingerprint density at radius 3 is 2.67 bits per heavy atom. The van der Waals surface area contributed by atoms with Crippen LogP contribution in [0, 0.1) is 0 Å². The van der Waals surface area contributed by atoms with Crippen LogP contribution in [0.15, 0.2) is 23.3 Å². The van der Waals surface area contributed by atoms with E-state index in [9.17, 15) is 0 Å². The summed E-state index contributed by atoms with van der Waals surface area (Å²) in [5.41, 5.74) is 2.92. The van der Waals surface area contributed by atoms with Crippen molar-refractivity contribution >= 4 is 0 Å². The molecule has 15 heavy (non-hydrogen) atoms. The molecule has 0 aromatic carbocycles. The van der Waals surface area contributed by atoms with Gasteiger partial charge in [0.25, 0.3) is 0 Å². The molecule has 1 aliphatic heterocycles. The van der Waals surface area contributed by atoms with Gasteiger partial charge in [0.1, 0.15) is 0 Å². The van der Waals surface area contributed by atoms with Crippen LogP contribution in [-0.2, 0) is 9.47 Å². The first-order valence-corrected chi connectivity index (χ1v) is 5.79. The minimum atomic E-state index is -0.255. The summed E-state index contributed by atoms with van der Waals surface area (Å²) in [5.74, 6) is -0.255. The molecule has 84 valence electrons. The van der Waals surface area contributed by atoms with E-state index in [0.29, 0.717) is 0 Å². The van der Waals surface area contributed by atoms with Gasteiger partial charge < -0.3 is 9.47 Å². The Balaban J connectivity index is 1.91. The van der Waals surface area contributed by atoms with Crippen molar-refractivity contribution in [3.63, 3.8) is 0 Å². The zero-order valence-corrected chi connectivity index (χ0v) is 9.71. The highest BCUT2D eigenvalue weighted by Crippen LogP contribution is 2.35. The van der Waals surface area contributed by atoms with Gasteiger partial charge in [0.05, 0.1) is 13.2 Å². The van der Waals surface area contributed by atoms with Crippen LogP contribution in [0.3, 0.4) is 0 Å². The lowest BCUT2D eigenvalue weighted by molar-refractivity contribution is -0.161. The number of allylic oxidation sites excluding steroid dienone is 3. The van der Waals surface area contributed by atoms with Crippen molar-refractivity contribution in [3.05, 3.63) is 23.3 Å². The van der Waals surface area contributed by atoms with Crippen molar-refractivity contribution in [1.29, 1.82) is 0 Å². The minimum Gasteiger partial charge on any atom is -0.347 e. The summed E-state index contributed by atoms with van der Waals surface area (Å²) in [6.45, 7) is 5.82. The Kier molecular flexibility index (Phi) is 3.27. The fraction of sp³-hybridized carbons (Fsp3) is 0.692. The van der Waals surface area contributed by atoms with E-state index in [1.54, 1.807) is 0 Å². The van der Waals surface area contributed by atoms with Crippen molar-refractivity contribution in [2.45, 2.75) is 45.3 Å². The van der Waals surface area contributed by atoms with Crippen LogP contribution in [0.5, 0.6) is 0 Å². The molecule has 1 fully saturated rings. The third-order valence-corrected chi connectivity index (χ3v) is 3.11. The summed E-state index contributed by atoms with van der Waals surface area (Å²) in [7, 11) is 0. The fourth-order valence-corrected chi connectivity index (χ4v) is 2.13. The topological polar surface area (TPSA) is 18.5 Å². The Hall–Kier alpha value is -0.600. The predicted octanol–water partition coefficient (Wildman–Crippen LogP) is 3.20. The van der Waals surface area contributed by atoms with Gasteiger partial charge in [-0.05, 0) is 26.7 Å². The molecular weight excluding hydrogens is 188 g/mol. The maximum atomic E-state index is 5.67. The van der Waals surface area contributed by atoms with Crippen LogP contribution in [0.2, 0.25) is 0 Å². The average molecular weight is 208 g/mol. The van der Waals surface area contributed by atoms with Crippen molar-refractivity contribution in [2.75, 3.05) is 13.2 Å². The standard InChI is InChI=1S/C13H20O2/c1-11(2)3-4-12-5-7-13(8-6-12)14-9-10-15-13/h3,5H,4,6-10H2,1-2H3. The molecule has 0 unspecified atom stereocenters. The molecule has 0 N–H and O–H groups in total. The van der Waals surface area contributed by atoms with E-state index < -0.39 is 0 Å². The second-order valence-electron chi connectivity index (χ2n) is 4.66. The SMILES string of the molecule is CC(C)=CCC1=CCC2(CC1)OCCO2. The summed E-state index contributed by atoms with van der Waals surface area (Å²) in [6, 6.07) is 0. The summed E-state index contributed by atoms with van der Waals surface area (Å²) in [5, 5.41) is 0. The molecule has 0 bridgehead atoms. The van der Waals surface area contributed by atoms with Crippen molar-refractivity contribution < 1.29 is 9.47 Å². The molecule has 0 saturated carbocycles. The molecule has 1 saturated heterocycles. The third-order valence-electron chi connectivity index (χ3n) is 3.11. The smallest absolute Gasteiger partial charge is 0.172 e. The lowest BCUT2D eigenvalue weighted by atomic mass is 9.92. The van der Waals surface area contributed by atoms with Crippen LogP contribution in [-0.4, -0.2) is 19.0 Å². The van der Waals surface area contributed by atoms with E-state index in [-0.39, 0.29) is 5.79 Å². The molecular formula is C13H20O2. The molecule has 2 rings (SSSR count). The number of ether oxygens (including phenoxy) is 2. The first-order valence-electron chi connectivity index (χ1n) is 5.79. The highest BCUT2D eigenvalue weighted by molar-refractivity contribution is 5.14. The van der Waals surface area contributed by atoms with Crippen molar-refractivity contribution in [1.82, 2.24) is 0 Å². The lowest BCUT2D eigenvalue weighted by Gasteiger charge is -2.30. The zero-order chi connectivity index (χ0) is 10.7. The largest absolute Gasteiger partial charge is 0.347 e. The predicted molar refractivity (Wildman–Crippen MR) is 60.6 cm³/mol. The molecule has 2 aliphatic rings. The van der Waals surface area contributed by atoms with Gasteiger partial charge >= 0.3 is 0 Å². The molecule has 2 nitrogen and oxygen atoms in total. The Bertz CT molecular complexity index is 279. The maximum Gasteiger partial charge on any atom is 0.172 e. The van der Waals surface area contributed by atoms with Crippen molar-refractivity contribution in [2.24, 2.45) is 0 Å². The summed E-state index contributed by atoms with van der Waals surface area (Å²) >= 11 is 0. The van der Waals surface area contributed by atoms with Crippen LogP contribution < -0.4 is 0 Å². The maximum absolute atomic E-state index is 5.67. The zero-order valence-electron chi connectivity index (χ0n) is 9.71. The van der Waals surface area contributed by atoms with Gasteiger partial charge in [-0.2, -0.15) is 0 Å². The van der Waals surface area contributed by atoms with Gasteiger partial charge in [0.15, 0.2) is 5.79 Å². The van der Waals surface area contributed by atoms with Gasteiger partial charge in [0.2, 0.25) is 0 Å². The second-order valence-corrected chi connectivity index (χ2v) is 4.66. The molecule has 0 atom stereocenters. The van der Waals surface area contributed by atoms with Gasteiger partial charge in [0, 0.05) is 12.8 Å². The summed E-state index contributed by atoms with van der Waals surface area (Å²) < 4.78 is 11.3. The molecule has 0 aromatic rings. The lowest BCUT2D eigenvalue weighted by Crippen LogP contribution is -2.31. The second kappa shape index (κ2) is 4.50. The van der Waals surface area contributed by atoms with E-state index >= 15 is 0 Å². The summed E-state index contributed by atoms with van der Waals surface area (Å²) in [6.07, 6.45) is 8.75. The molecule has 1 spiro atoms. The first kappa shape index (κ1) is 10.9. The summed E-state index contributed by atoms with van der Waals surface area (Å²) in [4.78, 5) is 0. The minimum absolute atomic E-state index is 0.255. The van der Waals surface area contributed by atoms with Gasteiger partial charge in [-0.25, -0.2) is 0 Å². The molecule has 0 radical (unpaired) electrons. The van der Waals surface area contributed by atoms with Gasteiger partial charge in [-0.3, -0.25) is 0 Å². The molecule has 1 aliphatic carbocycles. The van der Waals surface area contributed by atoms with Crippen LogP contribution in [0.1, 0.15) is 39.5 Å². The van der Waals surface area contributed by atoms with Crippen LogP contribution in [0.25, 0.3) is 0 Å². The molecule has 0 amide bonds. The van der Waals surface area contributed by atoms with Crippen LogP contribution in [0.4, 0.5) is 0 Å². The monoisotopic (exact) mass is 208 g/mol. The fourth-order valence-electron chi connectivity index (χ4n) is 2.13. The highest BCUT2D eigenvalue weighted by Gasteiger charge is 2.37. The average Bonchev–Trinajstić information content (AvgIpc) is 2.66. The molecule has 2 heteroatoms. The number of hydrogen-bond donors (Lipinski definition) is 0. The Labute approximate surface area is 92.0 Å². The Morgan fingerprint density at radius 1 is 1.40 bits per heavy atom. The van der Waals surface area contributed by atoms with Gasteiger partial charge in [-0.1, -0.05) is 23.3 Å². The first-order chi connectivity index (χ1) is 7.20. The van der Waals surface area contributed by atoms with E-state index in [4.69, 9.17) is 9.47 Å². The third kappa shape index (κ3) is 2.70. The van der Waals surface area contributed by atoms with E-state index in [0.717, 1.165) is 38.9 Å². The highest BCUT2D eigenvalue weighted by atomic mass is 16.7. The van der Waals surface area contributed by atoms with E-state index in [1.165, 1.54) is 11.1 Å². The Morgan fingerprint density at radius 2 is 2.13 bits per heavy atom. The quantitative estimate of drug-likeness (QED) is 0.649.